The zero-order valence-corrected chi connectivity index (χ0v) is 25.2. The summed E-state index contributed by atoms with van der Waals surface area (Å²) >= 11 is 0. The summed E-state index contributed by atoms with van der Waals surface area (Å²) < 4.78 is 28.6. The van der Waals surface area contributed by atoms with Gasteiger partial charge < -0.3 is 33.9 Å². The average Bonchev–Trinajstić information content (AvgIpc) is 3.46. The Labute approximate surface area is 243 Å². The van der Waals surface area contributed by atoms with Crippen molar-refractivity contribution in [2.75, 3.05) is 13.7 Å². The van der Waals surface area contributed by atoms with E-state index < -0.39 is 42.3 Å². The van der Waals surface area contributed by atoms with Crippen molar-refractivity contribution in [3.8, 4) is 0 Å². The molecule has 0 aromatic heterocycles. The van der Waals surface area contributed by atoms with Crippen LogP contribution in [0.3, 0.4) is 0 Å². The highest BCUT2D eigenvalue weighted by atomic mass is 16.7. The molecule has 0 amide bonds. The molecule has 2 aliphatic heterocycles. The van der Waals surface area contributed by atoms with Gasteiger partial charge in [0.25, 0.3) is 0 Å². The Kier molecular flexibility index (Phi) is 7.62. The van der Waals surface area contributed by atoms with Crippen LogP contribution in [0.25, 0.3) is 0 Å². The molecule has 6 rings (SSSR count). The summed E-state index contributed by atoms with van der Waals surface area (Å²) in [5, 5.41) is 23.5. The van der Waals surface area contributed by atoms with E-state index in [0.29, 0.717) is 18.4 Å². The maximum Gasteiger partial charge on any atom is 0.331 e. The van der Waals surface area contributed by atoms with Crippen molar-refractivity contribution in [3.05, 3.63) is 11.6 Å². The van der Waals surface area contributed by atoms with E-state index in [1.807, 2.05) is 6.92 Å². The lowest BCUT2D eigenvalue weighted by molar-refractivity contribution is -0.314. The number of cyclic esters (lactones) is 1. The monoisotopic (exact) mass is 576 g/mol. The molecule has 5 fully saturated rings. The number of rotatable bonds is 5. The Morgan fingerprint density at radius 2 is 1.83 bits per heavy atom. The fourth-order valence-electron chi connectivity index (χ4n) is 10.4. The fourth-order valence-corrected chi connectivity index (χ4v) is 10.4. The summed E-state index contributed by atoms with van der Waals surface area (Å²) in [6.07, 6.45) is 6.39. The standard InChI is InChI=1S/C32H48O9/c1-17-27(40-18(2)33)28(37-5)26(35)29(39-17)41-21-8-11-30(3)20(15-21)6-7-24-23(30)9-12-31(4)22(10-13-32(24,31)36)19-14-25(34)38-16-19/h14,17,20-24,26-29,35-36H,6-13,15-16H2,1-5H3/t17-,20+,21-,22?,23?,24+,26-,27-,28-,29-,30-,31+,32-/m0/s1. The number of esters is 2. The molecule has 230 valence electrons. The van der Waals surface area contributed by atoms with Crippen LogP contribution in [-0.4, -0.2) is 78.3 Å². The van der Waals surface area contributed by atoms with Gasteiger partial charge in [-0.1, -0.05) is 13.8 Å². The van der Waals surface area contributed by atoms with Gasteiger partial charge in [0.1, 0.15) is 18.8 Å². The average molecular weight is 577 g/mol. The number of methoxy groups -OCH3 is 1. The third-order valence-corrected chi connectivity index (χ3v) is 12.6. The molecule has 4 aliphatic carbocycles. The summed E-state index contributed by atoms with van der Waals surface area (Å²) in [6, 6.07) is 0. The molecule has 0 aromatic carbocycles. The molecule has 0 bridgehead atoms. The van der Waals surface area contributed by atoms with Gasteiger partial charge in [0.05, 0.1) is 17.8 Å². The van der Waals surface area contributed by atoms with Crippen LogP contribution in [0.1, 0.15) is 85.5 Å². The molecule has 0 radical (unpaired) electrons. The number of hydrogen-bond donors (Lipinski definition) is 2. The predicted octanol–water partition coefficient (Wildman–Crippen LogP) is 3.68. The first kappa shape index (κ1) is 29.5. The van der Waals surface area contributed by atoms with E-state index in [1.54, 1.807) is 6.08 Å². The Morgan fingerprint density at radius 1 is 1.05 bits per heavy atom. The highest BCUT2D eigenvalue weighted by Crippen LogP contribution is 2.70. The molecule has 2 unspecified atom stereocenters. The largest absolute Gasteiger partial charge is 0.458 e. The quantitative estimate of drug-likeness (QED) is 0.373. The van der Waals surface area contributed by atoms with E-state index in [0.717, 1.165) is 63.4 Å². The molecule has 2 heterocycles. The summed E-state index contributed by atoms with van der Waals surface area (Å²) in [7, 11) is 1.50. The highest BCUT2D eigenvalue weighted by molar-refractivity contribution is 5.85. The van der Waals surface area contributed by atoms with E-state index in [2.05, 4.69) is 13.8 Å². The minimum absolute atomic E-state index is 0.0427. The van der Waals surface area contributed by atoms with E-state index in [9.17, 15) is 19.8 Å². The number of carbonyl (C=O) groups excluding carboxylic acids is 2. The third kappa shape index (κ3) is 4.60. The molecule has 9 heteroatoms. The van der Waals surface area contributed by atoms with Crippen molar-refractivity contribution in [3.63, 3.8) is 0 Å². The first-order chi connectivity index (χ1) is 19.4. The summed E-state index contributed by atoms with van der Waals surface area (Å²) in [4.78, 5) is 23.4. The van der Waals surface area contributed by atoms with Gasteiger partial charge in [0, 0.05) is 25.5 Å². The Bertz CT molecular complexity index is 1080. The lowest BCUT2D eigenvalue weighted by atomic mass is 9.43. The van der Waals surface area contributed by atoms with Gasteiger partial charge in [-0.05, 0) is 99.4 Å². The van der Waals surface area contributed by atoms with Gasteiger partial charge in [0.2, 0.25) is 0 Å². The molecule has 9 nitrogen and oxygen atoms in total. The van der Waals surface area contributed by atoms with Crippen molar-refractivity contribution < 1.29 is 43.5 Å². The maximum atomic E-state index is 12.4. The van der Waals surface area contributed by atoms with E-state index in [1.165, 1.54) is 14.0 Å². The van der Waals surface area contributed by atoms with Gasteiger partial charge in [0.15, 0.2) is 12.4 Å². The minimum Gasteiger partial charge on any atom is -0.458 e. The van der Waals surface area contributed by atoms with Crippen LogP contribution in [-0.2, 0) is 33.3 Å². The Balaban J connectivity index is 1.13. The summed E-state index contributed by atoms with van der Waals surface area (Å²) in [5.41, 5.74) is 0.238. The van der Waals surface area contributed by atoms with Crippen LogP contribution in [0.5, 0.6) is 0 Å². The molecule has 0 spiro atoms. The second kappa shape index (κ2) is 10.6. The van der Waals surface area contributed by atoms with Gasteiger partial charge >= 0.3 is 11.9 Å². The van der Waals surface area contributed by atoms with Crippen LogP contribution in [0, 0.1) is 34.5 Å². The number of hydrogen-bond acceptors (Lipinski definition) is 9. The summed E-state index contributed by atoms with van der Waals surface area (Å²) in [6.45, 7) is 8.22. The number of fused-ring (bicyclic) bond motifs is 5. The molecule has 13 atom stereocenters. The number of aliphatic hydroxyl groups excluding tert-OH is 1. The smallest absolute Gasteiger partial charge is 0.331 e. The Hall–Kier alpha value is -1.52. The van der Waals surface area contributed by atoms with Crippen molar-refractivity contribution in [2.45, 2.75) is 128 Å². The van der Waals surface area contributed by atoms with Gasteiger partial charge in [-0.15, -0.1) is 0 Å². The highest BCUT2D eigenvalue weighted by Gasteiger charge is 2.67. The zero-order valence-electron chi connectivity index (χ0n) is 25.2. The molecule has 4 saturated carbocycles. The van der Waals surface area contributed by atoms with Crippen molar-refractivity contribution in [2.24, 2.45) is 34.5 Å². The normalized spacial score (nSPS) is 51.2. The lowest BCUT2D eigenvalue weighted by Gasteiger charge is -2.64. The van der Waals surface area contributed by atoms with Gasteiger partial charge in [-0.25, -0.2) is 4.79 Å². The van der Waals surface area contributed by atoms with Crippen LogP contribution < -0.4 is 0 Å². The molecular formula is C32H48O9. The maximum absolute atomic E-state index is 12.4. The molecular weight excluding hydrogens is 528 g/mol. The van der Waals surface area contributed by atoms with Gasteiger partial charge in [-0.3, -0.25) is 4.79 Å². The third-order valence-electron chi connectivity index (χ3n) is 12.6. The van der Waals surface area contributed by atoms with Gasteiger partial charge in [-0.2, -0.15) is 0 Å². The van der Waals surface area contributed by atoms with E-state index >= 15 is 0 Å². The molecule has 1 saturated heterocycles. The summed E-state index contributed by atoms with van der Waals surface area (Å²) in [5.74, 6) is 0.697. The van der Waals surface area contributed by atoms with Crippen molar-refractivity contribution in [1.29, 1.82) is 0 Å². The molecule has 2 N–H and O–H groups in total. The number of aliphatic hydroxyl groups is 2. The molecule has 6 aliphatic rings. The number of ether oxygens (including phenoxy) is 5. The first-order valence-corrected chi connectivity index (χ1v) is 15.7. The topological polar surface area (TPSA) is 121 Å². The minimum atomic E-state index is -1.07. The second-order valence-electron chi connectivity index (χ2n) is 14.3. The van der Waals surface area contributed by atoms with Crippen molar-refractivity contribution in [1.82, 2.24) is 0 Å². The molecule has 41 heavy (non-hydrogen) atoms. The lowest BCUT2D eigenvalue weighted by Crippen LogP contribution is -2.63. The van der Waals surface area contributed by atoms with Crippen LogP contribution in [0.4, 0.5) is 0 Å². The molecule has 0 aromatic rings. The first-order valence-electron chi connectivity index (χ1n) is 15.7. The second-order valence-corrected chi connectivity index (χ2v) is 14.3. The number of carbonyl (C=O) groups is 2. The predicted molar refractivity (Wildman–Crippen MR) is 147 cm³/mol. The SMILES string of the molecule is CO[C@H]1[C@H](O)[C@H](O[C@H]2CC[C@]3(C)C4CC[C@]5(C)C(C6=CC(=O)OC6)CC[C@]5(O)[C@@H]4CC[C@@H]3C2)O[C@@H](C)[C@@H]1OC(C)=O. The zero-order chi connectivity index (χ0) is 29.3. The van der Waals surface area contributed by atoms with Crippen molar-refractivity contribution >= 4 is 11.9 Å². The fraction of sp³-hybridized carbons (Fsp3) is 0.875. The van der Waals surface area contributed by atoms with E-state index in [4.69, 9.17) is 23.7 Å². The Morgan fingerprint density at radius 3 is 2.51 bits per heavy atom. The van der Waals surface area contributed by atoms with Crippen LogP contribution >= 0.6 is 0 Å². The van der Waals surface area contributed by atoms with Crippen LogP contribution in [0.15, 0.2) is 11.6 Å². The van der Waals surface area contributed by atoms with Crippen LogP contribution in [0.2, 0.25) is 0 Å². The van der Waals surface area contributed by atoms with E-state index in [-0.39, 0.29) is 34.7 Å².